The number of benzene rings is 2. The second-order valence-electron chi connectivity index (χ2n) is 5.94. The summed E-state index contributed by atoms with van der Waals surface area (Å²) in [6, 6.07) is 15.3. The lowest BCUT2D eigenvalue weighted by Crippen LogP contribution is -2.26. The smallest absolute Gasteiger partial charge is 0.303 e. The van der Waals surface area contributed by atoms with Gasteiger partial charge in [-0.05, 0) is 41.9 Å². The number of carboxylic acids is 1. The summed E-state index contributed by atoms with van der Waals surface area (Å²) in [5.41, 5.74) is 2.70. The van der Waals surface area contributed by atoms with Crippen molar-refractivity contribution < 1.29 is 15.0 Å². The van der Waals surface area contributed by atoms with Crippen LogP contribution in [0.15, 0.2) is 48.5 Å². The first-order valence-electron chi connectivity index (χ1n) is 8.13. The van der Waals surface area contributed by atoms with Gasteiger partial charge < -0.3 is 10.2 Å². The lowest BCUT2D eigenvalue weighted by atomic mass is 9.70. The minimum Gasteiger partial charge on any atom is -0.507 e. The van der Waals surface area contributed by atoms with E-state index >= 15 is 0 Å². The Morgan fingerprint density at radius 2 is 1.52 bits per heavy atom. The van der Waals surface area contributed by atoms with Gasteiger partial charge in [0.25, 0.3) is 0 Å². The first-order valence-corrected chi connectivity index (χ1v) is 8.13. The molecule has 2 aromatic rings. The number of phenolic OH excluding ortho intramolecular Hbond substituents is 1. The van der Waals surface area contributed by atoms with Crippen LogP contribution in [-0.4, -0.2) is 16.2 Å². The van der Waals surface area contributed by atoms with E-state index in [-0.39, 0.29) is 17.6 Å². The zero-order valence-corrected chi connectivity index (χ0v) is 13.7. The van der Waals surface area contributed by atoms with Crippen molar-refractivity contribution in [2.75, 3.05) is 0 Å². The molecule has 0 unspecified atom stereocenters. The summed E-state index contributed by atoms with van der Waals surface area (Å²) >= 11 is 0. The zero-order chi connectivity index (χ0) is 16.9. The maximum Gasteiger partial charge on any atom is 0.303 e. The summed E-state index contributed by atoms with van der Waals surface area (Å²) in [7, 11) is 0. The first kappa shape index (κ1) is 17.1. The Kier molecular flexibility index (Phi) is 5.43. The summed E-state index contributed by atoms with van der Waals surface area (Å²) in [5, 5.41) is 19.3. The molecular weight excluding hydrogens is 288 g/mol. The number of carbonyl (C=O) groups is 1. The van der Waals surface area contributed by atoms with E-state index in [0.29, 0.717) is 6.42 Å². The van der Waals surface area contributed by atoms with E-state index in [9.17, 15) is 9.90 Å². The van der Waals surface area contributed by atoms with Crippen LogP contribution in [0.5, 0.6) is 5.75 Å². The Bertz CT molecular complexity index is 672. The van der Waals surface area contributed by atoms with Crippen molar-refractivity contribution in [2.45, 2.75) is 44.9 Å². The van der Waals surface area contributed by atoms with Gasteiger partial charge in [-0.1, -0.05) is 56.3 Å². The number of phenols is 1. The molecule has 23 heavy (non-hydrogen) atoms. The molecule has 0 saturated carbocycles. The molecule has 0 spiro atoms. The molecule has 0 amide bonds. The lowest BCUT2D eigenvalue weighted by molar-refractivity contribution is -0.137. The quantitative estimate of drug-likeness (QED) is 0.758. The monoisotopic (exact) mass is 312 g/mol. The molecule has 122 valence electrons. The summed E-state index contributed by atoms with van der Waals surface area (Å²) in [6.45, 7) is 4.21. The van der Waals surface area contributed by atoms with Gasteiger partial charge >= 0.3 is 5.97 Å². The molecule has 0 saturated heterocycles. The van der Waals surface area contributed by atoms with Gasteiger partial charge in [0.15, 0.2) is 0 Å². The average molecular weight is 312 g/mol. The predicted octanol–water partition coefficient (Wildman–Crippen LogP) is 4.98. The van der Waals surface area contributed by atoms with Gasteiger partial charge in [-0.25, -0.2) is 0 Å². The summed E-state index contributed by atoms with van der Waals surface area (Å²) in [4.78, 5) is 11.1. The third kappa shape index (κ3) is 3.55. The second-order valence-corrected chi connectivity index (χ2v) is 5.94. The third-order valence-corrected chi connectivity index (χ3v) is 4.86. The lowest BCUT2D eigenvalue weighted by Gasteiger charge is -2.34. The maximum atomic E-state index is 11.1. The van der Waals surface area contributed by atoms with Gasteiger partial charge in [-0.15, -0.1) is 0 Å². The Labute approximate surface area is 137 Å². The normalized spacial score (nSPS) is 11.4. The van der Waals surface area contributed by atoms with Crippen molar-refractivity contribution >= 4 is 5.97 Å². The largest absolute Gasteiger partial charge is 0.507 e. The molecule has 2 rings (SSSR count). The number of para-hydroxylation sites is 1. The van der Waals surface area contributed by atoms with Gasteiger partial charge in [-0.3, -0.25) is 4.79 Å². The Hall–Kier alpha value is -2.29. The van der Waals surface area contributed by atoms with Crippen molar-refractivity contribution in [3.63, 3.8) is 0 Å². The maximum absolute atomic E-state index is 11.1. The predicted molar refractivity (Wildman–Crippen MR) is 92.7 cm³/mol. The van der Waals surface area contributed by atoms with E-state index in [1.54, 1.807) is 12.1 Å². The highest BCUT2D eigenvalue weighted by Crippen LogP contribution is 2.43. The van der Waals surface area contributed by atoms with Gasteiger partial charge in [0.2, 0.25) is 0 Å². The fourth-order valence-corrected chi connectivity index (χ4v) is 3.35. The SMILES string of the molecule is CCC(CC)(CCC(=O)O)c1ccccc1-c1ccccc1O. The molecule has 3 nitrogen and oxygen atoms in total. The summed E-state index contributed by atoms with van der Waals surface area (Å²) in [6.07, 6.45) is 2.47. The van der Waals surface area contributed by atoms with Gasteiger partial charge in [0.05, 0.1) is 0 Å². The van der Waals surface area contributed by atoms with Crippen molar-refractivity contribution in [1.82, 2.24) is 0 Å². The molecule has 0 aliphatic carbocycles. The molecule has 0 heterocycles. The highest BCUT2D eigenvalue weighted by Gasteiger charge is 2.31. The van der Waals surface area contributed by atoms with Crippen LogP contribution < -0.4 is 0 Å². The number of aromatic hydroxyl groups is 1. The molecule has 0 atom stereocenters. The molecule has 0 radical (unpaired) electrons. The third-order valence-electron chi connectivity index (χ3n) is 4.86. The highest BCUT2D eigenvalue weighted by atomic mass is 16.4. The van der Waals surface area contributed by atoms with Gasteiger partial charge in [0.1, 0.15) is 5.75 Å². The zero-order valence-electron chi connectivity index (χ0n) is 13.7. The molecule has 2 N–H and O–H groups in total. The van der Waals surface area contributed by atoms with E-state index < -0.39 is 5.97 Å². The molecule has 2 aromatic carbocycles. The van der Waals surface area contributed by atoms with E-state index in [4.69, 9.17) is 5.11 Å². The fourth-order valence-electron chi connectivity index (χ4n) is 3.35. The molecule has 0 fully saturated rings. The topological polar surface area (TPSA) is 57.5 Å². The van der Waals surface area contributed by atoms with Crippen molar-refractivity contribution in [3.8, 4) is 16.9 Å². The fraction of sp³-hybridized carbons (Fsp3) is 0.350. The molecule has 0 aromatic heterocycles. The first-order chi connectivity index (χ1) is 11.0. The molecule has 0 aliphatic rings. The van der Waals surface area contributed by atoms with E-state index in [0.717, 1.165) is 29.5 Å². The Balaban J connectivity index is 2.57. The van der Waals surface area contributed by atoms with E-state index in [2.05, 4.69) is 19.9 Å². The van der Waals surface area contributed by atoms with Crippen LogP contribution >= 0.6 is 0 Å². The van der Waals surface area contributed by atoms with Crippen LogP contribution in [0.2, 0.25) is 0 Å². The summed E-state index contributed by atoms with van der Waals surface area (Å²) < 4.78 is 0. The number of hydrogen-bond acceptors (Lipinski definition) is 2. The average Bonchev–Trinajstić information content (AvgIpc) is 2.57. The van der Waals surface area contributed by atoms with E-state index in [1.807, 2.05) is 30.3 Å². The van der Waals surface area contributed by atoms with Crippen LogP contribution in [-0.2, 0) is 10.2 Å². The summed E-state index contributed by atoms with van der Waals surface area (Å²) in [5.74, 6) is -0.518. The van der Waals surface area contributed by atoms with Crippen molar-refractivity contribution in [1.29, 1.82) is 0 Å². The highest BCUT2D eigenvalue weighted by molar-refractivity contribution is 5.74. The van der Waals surface area contributed by atoms with Crippen LogP contribution in [0.3, 0.4) is 0 Å². The molecular formula is C20H24O3. The number of hydrogen-bond donors (Lipinski definition) is 2. The molecule has 3 heteroatoms. The Morgan fingerprint density at radius 1 is 0.957 bits per heavy atom. The van der Waals surface area contributed by atoms with Crippen molar-refractivity contribution in [2.24, 2.45) is 0 Å². The minimum atomic E-state index is -0.767. The number of aliphatic carboxylic acids is 1. The van der Waals surface area contributed by atoms with Crippen LogP contribution in [0.4, 0.5) is 0 Å². The molecule has 0 bridgehead atoms. The van der Waals surface area contributed by atoms with Crippen LogP contribution in [0.25, 0.3) is 11.1 Å². The van der Waals surface area contributed by atoms with Gasteiger partial charge in [-0.2, -0.15) is 0 Å². The second kappa shape index (κ2) is 7.32. The molecule has 0 aliphatic heterocycles. The van der Waals surface area contributed by atoms with Crippen LogP contribution in [0.1, 0.15) is 45.1 Å². The van der Waals surface area contributed by atoms with E-state index in [1.165, 1.54) is 0 Å². The van der Waals surface area contributed by atoms with Crippen molar-refractivity contribution in [3.05, 3.63) is 54.1 Å². The van der Waals surface area contributed by atoms with Crippen LogP contribution in [0, 0.1) is 0 Å². The minimum absolute atomic E-state index is 0.150. The standard InChI is InChI=1S/C20H24O3/c1-3-20(4-2,14-13-19(22)23)17-11-7-5-9-15(17)16-10-6-8-12-18(16)21/h5-12,21H,3-4,13-14H2,1-2H3,(H,22,23). The van der Waals surface area contributed by atoms with Gasteiger partial charge in [0, 0.05) is 12.0 Å². The number of rotatable bonds is 7. The Morgan fingerprint density at radius 3 is 2.09 bits per heavy atom. The number of carboxylic acid groups (broad SMARTS) is 1.